The lowest BCUT2D eigenvalue weighted by atomic mass is 10.1. The van der Waals surface area contributed by atoms with Crippen LogP contribution in [0.25, 0.3) is 0 Å². The third kappa shape index (κ3) is 3.16. The van der Waals surface area contributed by atoms with Crippen molar-refractivity contribution in [3.8, 4) is 5.75 Å². The van der Waals surface area contributed by atoms with Crippen LogP contribution in [0.4, 0.5) is 0 Å². The van der Waals surface area contributed by atoms with Crippen LogP contribution in [-0.2, 0) is 17.8 Å². The molecule has 0 bridgehead atoms. The predicted molar refractivity (Wildman–Crippen MR) is 73.6 cm³/mol. The zero-order valence-electron chi connectivity index (χ0n) is 9.59. The maximum atomic E-state index is 11.4. The summed E-state index contributed by atoms with van der Waals surface area (Å²) < 4.78 is 6.64. The van der Waals surface area contributed by atoms with Crippen molar-refractivity contribution in [1.29, 1.82) is 0 Å². The minimum absolute atomic E-state index is 0.0595. The van der Waals surface area contributed by atoms with Gasteiger partial charge in [-0.15, -0.1) is 0 Å². The highest BCUT2D eigenvalue weighted by molar-refractivity contribution is 9.10. The van der Waals surface area contributed by atoms with Crippen molar-refractivity contribution >= 4 is 33.6 Å². The number of benzene rings is 1. The molecule has 0 saturated carbocycles. The van der Waals surface area contributed by atoms with Crippen LogP contribution >= 0.6 is 27.7 Å². The quantitative estimate of drug-likeness (QED) is 0.927. The Balaban J connectivity index is 2.08. The molecule has 1 aromatic rings. The van der Waals surface area contributed by atoms with Crippen molar-refractivity contribution in [1.82, 2.24) is 5.32 Å². The summed E-state index contributed by atoms with van der Waals surface area (Å²) in [4.78, 5) is 11.4. The molecule has 92 valence electrons. The number of ether oxygens (including phenoxy) is 1. The summed E-state index contributed by atoms with van der Waals surface area (Å²) in [6.45, 7) is 1.26. The maximum absolute atomic E-state index is 11.4. The fourth-order valence-corrected chi connectivity index (χ4v) is 2.77. The second-order valence-corrected chi connectivity index (χ2v) is 5.64. The van der Waals surface area contributed by atoms with E-state index in [-0.39, 0.29) is 5.91 Å². The highest BCUT2D eigenvalue weighted by atomic mass is 79.9. The van der Waals surface area contributed by atoms with Crippen LogP contribution in [0.15, 0.2) is 16.6 Å². The summed E-state index contributed by atoms with van der Waals surface area (Å²) in [5.74, 6) is 1.50. The molecule has 2 rings (SSSR count). The molecule has 0 aliphatic carbocycles. The molecule has 5 heteroatoms. The van der Waals surface area contributed by atoms with E-state index in [2.05, 4.69) is 27.3 Å². The number of hydrogen-bond donors (Lipinski definition) is 1. The van der Waals surface area contributed by atoms with Gasteiger partial charge in [0.25, 0.3) is 0 Å². The first-order chi connectivity index (χ1) is 8.20. The van der Waals surface area contributed by atoms with Gasteiger partial charge in [-0.05, 0) is 24.0 Å². The van der Waals surface area contributed by atoms with Crippen molar-refractivity contribution in [3.63, 3.8) is 0 Å². The average molecular weight is 316 g/mol. The van der Waals surface area contributed by atoms with E-state index in [1.165, 1.54) is 17.3 Å². The molecule has 1 aromatic carbocycles. The van der Waals surface area contributed by atoms with E-state index in [0.717, 1.165) is 28.8 Å². The Morgan fingerprint density at radius 2 is 2.41 bits per heavy atom. The zero-order valence-corrected chi connectivity index (χ0v) is 12.0. The number of hydrogen-bond acceptors (Lipinski definition) is 3. The van der Waals surface area contributed by atoms with Crippen molar-refractivity contribution in [2.45, 2.75) is 13.0 Å². The second kappa shape index (κ2) is 5.78. The predicted octanol–water partition coefficient (Wildman–Crippen LogP) is 2.36. The number of carbonyl (C=O) groups is 1. The smallest absolute Gasteiger partial charge is 0.230 e. The van der Waals surface area contributed by atoms with Gasteiger partial charge in [0.15, 0.2) is 0 Å². The van der Waals surface area contributed by atoms with Gasteiger partial charge in [0, 0.05) is 23.0 Å². The van der Waals surface area contributed by atoms with Crippen LogP contribution in [0.3, 0.4) is 0 Å². The third-order valence-electron chi connectivity index (χ3n) is 2.58. The SMILES string of the molecule is CSCC(=O)NCc1cc(Br)cc2c1OCC2. The molecule has 0 spiro atoms. The molecule has 1 amide bonds. The van der Waals surface area contributed by atoms with Crippen LogP contribution < -0.4 is 10.1 Å². The number of carbonyl (C=O) groups excluding carboxylic acids is 1. The van der Waals surface area contributed by atoms with Crippen LogP contribution in [0, 0.1) is 0 Å². The summed E-state index contributed by atoms with van der Waals surface area (Å²) in [7, 11) is 0. The molecule has 0 aromatic heterocycles. The number of halogens is 1. The molecule has 0 saturated heterocycles. The van der Waals surface area contributed by atoms with Crippen molar-refractivity contribution in [2.24, 2.45) is 0 Å². The molecule has 1 aliphatic heterocycles. The molecule has 1 aliphatic rings. The van der Waals surface area contributed by atoms with Gasteiger partial charge in [0.2, 0.25) is 5.91 Å². The normalized spacial score (nSPS) is 13.1. The van der Waals surface area contributed by atoms with Crippen molar-refractivity contribution in [2.75, 3.05) is 18.6 Å². The lowest BCUT2D eigenvalue weighted by Crippen LogP contribution is -2.24. The highest BCUT2D eigenvalue weighted by Gasteiger charge is 2.17. The fraction of sp³-hybridized carbons (Fsp3) is 0.417. The lowest BCUT2D eigenvalue weighted by Gasteiger charge is -2.10. The Hall–Kier alpha value is -0.680. The fourth-order valence-electron chi connectivity index (χ4n) is 1.85. The summed E-state index contributed by atoms with van der Waals surface area (Å²) in [6, 6.07) is 4.08. The van der Waals surface area contributed by atoms with Crippen LogP contribution in [0.5, 0.6) is 5.75 Å². The molecule has 1 N–H and O–H groups in total. The average Bonchev–Trinajstić information content (AvgIpc) is 2.74. The first-order valence-corrected chi connectivity index (χ1v) is 7.59. The standard InChI is InChI=1S/C12H14BrNO2S/c1-17-7-11(15)14-6-9-5-10(13)4-8-2-3-16-12(8)9/h4-5H,2-3,6-7H2,1H3,(H,14,15). The Kier molecular flexibility index (Phi) is 4.34. The molecule has 0 radical (unpaired) electrons. The Morgan fingerprint density at radius 3 is 3.18 bits per heavy atom. The largest absolute Gasteiger partial charge is 0.493 e. The molecule has 0 fully saturated rings. The Morgan fingerprint density at radius 1 is 1.59 bits per heavy atom. The molecular weight excluding hydrogens is 302 g/mol. The van der Waals surface area contributed by atoms with Crippen LogP contribution in [0.1, 0.15) is 11.1 Å². The first-order valence-electron chi connectivity index (χ1n) is 5.40. The van der Waals surface area contributed by atoms with Gasteiger partial charge in [-0.2, -0.15) is 11.8 Å². The van der Waals surface area contributed by atoms with E-state index in [9.17, 15) is 4.79 Å². The molecular formula is C12H14BrNO2S. The van der Waals surface area contributed by atoms with Gasteiger partial charge in [-0.1, -0.05) is 15.9 Å². The summed E-state index contributed by atoms with van der Waals surface area (Å²) >= 11 is 5.00. The minimum Gasteiger partial charge on any atom is -0.493 e. The number of rotatable bonds is 4. The topological polar surface area (TPSA) is 38.3 Å². The van der Waals surface area contributed by atoms with Crippen molar-refractivity contribution < 1.29 is 9.53 Å². The van der Waals surface area contributed by atoms with Gasteiger partial charge in [0.1, 0.15) is 5.75 Å². The van der Waals surface area contributed by atoms with Crippen LogP contribution in [-0.4, -0.2) is 24.5 Å². The summed E-state index contributed by atoms with van der Waals surface area (Å²) in [6.07, 6.45) is 2.86. The number of nitrogens with one attached hydrogen (secondary N) is 1. The van der Waals surface area contributed by atoms with Crippen LogP contribution in [0.2, 0.25) is 0 Å². The van der Waals surface area contributed by atoms with Gasteiger partial charge < -0.3 is 10.1 Å². The molecule has 3 nitrogen and oxygen atoms in total. The van der Waals surface area contributed by atoms with E-state index < -0.39 is 0 Å². The van der Waals surface area contributed by atoms with E-state index in [4.69, 9.17) is 4.74 Å². The second-order valence-electron chi connectivity index (χ2n) is 3.86. The monoisotopic (exact) mass is 315 g/mol. The van der Waals surface area contributed by atoms with E-state index in [1.807, 2.05) is 12.3 Å². The molecule has 0 unspecified atom stereocenters. The van der Waals surface area contributed by atoms with Gasteiger partial charge in [-0.3, -0.25) is 4.79 Å². The summed E-state index contributed by atoms with van der Waals surface area (Å²) in [5.41, 5.74) is 2.26. The minimum atomic E-state index is 0.0595. The zero-order chi connectivity index (χ0) is 12.3. The van der Waals surface area contributed by atoms with E-state index >= 15 is 0 Å². The number of fused-ring (bicyclic) bond motifs is 1. The van der Waals surface area contributed by atoms with Gasteiger partial charge in [0.05, 0.1) is 12.4 Å². The lowest BCUT2D eigenvalue weighted by molar-refractivity contribution is -0.118. The highest BCUT2D eigenvalue weighted by Crippen LogP contribution is 2.32. The number of thioether (sulfide) groups is 1. The Labute approximate surface area is 113 Å². The maximum Gasteiger partial charge on any atom is 0.230 e. The van der Waals surface area contributed by atoms with Gasteiger partial charge >= 0.3 is 0 Å². The molecule has 17 heavy (non-hydrogen) atoms. The molecule has 1 heterocycles. The first kappa shape index (κ1) is 12.8. The Bertz CT molecular complexity index is 437. The van der Waals surface area contributed by atoms with Gasteiger partial charge in [-0.25, -0.2) is 0 Å². The van der Waals surface area contributed by atoms with Crippen molar-refractivity contribution in [3.05, 3.63) is 27.7 Å². The third-order valence-corrected chi connectivity index (χ3v) is 3.59. The van der Waals surface area contributed by atoms with E-state index in [0.29, 0.717) is 12.3 Å². The van der Waals surface area contributed by atoms with E-state index in [1.54, 1.807) is 0 Å². The number of amides is 1. The molecule has 0 atom stereocenters. The summed E-state index contributed by atoms with van der Waals surface area (Å²) in [5, 5.41) is 2.90.